The number of nitro groups is 1. The van der Waals surface area contributed by atoms with Gasteiger partial charge in [0.05, 0.1) is 10.6 Å². The fourth-order valence-corrected chi connectivity index (χ4v) is 2.21. The summed E-state index contributed by atoms with van der Waals surface area (Å²) in [6, 6.07) is 18.5. The van der Waals surface area contributed by atoms with Crippen LogP contribution in [0.15, 0.2) is 65.7 Å². The van der Waals surface area contributed by atoms with Crippen molar-refractivity contribution in [3.63, 3.8) is 0 Å². The lowest BCUT2D eigenvalue weighted by atomic mass is 10.1. The number of nitrogens with zero attached hydrogens (tertiary/aromatic N) is 2. The molecule has 3 rings (SSSR count). The third-order valence-corrected chi connectivity index (χ3v) is 3.35. The summed E-state index contributed by atoms with van der Waals surface area (Å²) < 4.78 is 0. The molecule has 0 fully saturated rings. The molecule has 0 spiro atoms. The Kier molecular flexibility index (Phi) is 3.53. The van der Waals surface area contributed by atoms with Crippen LogP contribution in [-0.2, 0) is 0 Å². The normalized spacial score (nSPS) is 11.1. The summed E-state index contributed by atoms with van der Waals surface area (Å²) in [6.45, 7) is 0. The second kappa shape index (κ2) is 5.65. The van der Waals surface area contributed by atoms with Crippen LogP contribution in [0.2, 0.25) is 0 Å². The molecule has 0 bridgehead atoms. The Bertz CT molecular complexity index is 888. The average molecular weight is 291 g/mol. The number of nitrogens with two attached hydrogens (primary N) is 1. The van der Waals surface area contributed by atoms with Crippen molar-refractivity contribution in [3.05, 3.63) is 76.3 Å². The zero-order chi connectivity index (χ0) is 15.5. The van der Waals surface area contributed by atoms with Gasteiger partial charge in [0.15, 0.2) is 0 Å². The minimum atomic E-state index is -0.510. The van der Waals surface area contributed by atoms with Crippen molar-refractivity contribution in [3.8, 4) is 0 Å². The van der Waals surface area contributed by atoms with E-state index in [1.54, 1.807) is 12.3 Å². The van der Waals surface area contributed by atoms with Gasteiger partial charge in [0.2, 0.25) is 0 Å². The van der Waals surface area contributed by atoms with Gasteiger partial charge in [0.25, 0.3) is 5.69 Å². The maximum Gasteiger partial charge on any atom is 0.294 e. The lowest BCUT2D eigenvalue weighted by Gasteiger charge is -2.00. The molecule has 0 saturated carbocycles. The van der Waals surface area contributed by atoms with Crippen molar-refractivity contribution < 1.29 is 4.92 Å². The maximum absolute atomic E-state index is 10.9. The van der Waals surface area contributed by atoms with Gasteiger partial charge in [-0.3, -0.25) is 15.1 Å². The predicted molar refractivity (Wildman–Crippen MR) is 88.7 cm³/mol. The SMILES string of the molecule is Nc1ccc(/N=C/c2ccc3ccccc3c2)cc1[N+](=O)[O-]. The van der Waals surface area contributed by atoms with E-state index in [-0.39, 0.29) is 11.4 Å². The Morgan fingerprint density at radius 3 is 2.55 bits per heavy atom. The maximum atomic E-state index is 10.9. The fourth-order valence-electron chi connectivity index (χ4n) is 2.21. The van der Waals surface area contributed by atoms with E-state index in [4.69, 9.17) is 5.73 Å². The standard InChI is InChI=1S/C17H13N3O2/c18-16-8-7-15(10-17(16)20(21)22)19-11-12-5-6-13-3-1-2-4-14(13)9-12/h1-11H,18H2/b19-11+. The van der Waals surface area contributed by atoms with Gasteiger partial charge in [-0.2, -0.15) is 0 Å². The zero-order valence-corrected chi connectivity index (χ0v) is 11.6. The van der Waals surface area contributed by atoms with Crippen LogP contribution in [0.1, 0.15) is 5.56 Å². The molecule has 0 aliphatic rings. The van der Waals surface area contributed by atoms with E-state index in [2.05, 4.69) is 4.99 Å². The number of nitro benzene ring substituents is 1. The summed E-state index contributed by atoms with van der Waals surface area (Å²) in [5.41, 5.74) is 6.99. The minimum absolute atomic E-state index is 0.131. The largest absolute Gasteiger partial charge is 0.393 e. The third kappa shape index (κ3) is 2.78. The van der Waals surface area contributed by atoms with Crippen LogP contribution in [0, 0.1) is 10.1 Å². The smallest absolute Gasteiger partial charge is 0.294 e. The van der Waals surface area contributed by atoms with Crippen LogP contribution in [0.3, 0.4) is 0 Å². The minimum Gasteiger partial charge on any atom is -0.393 e. The highest BCUT2D eigenvalue weighted by molar-refractivity contribution is 5.91. The van der Waals surface area contributed by atoms with Crippen LogP contribution in [-0.4, -0.2) is 11.1 Å². The zero-order valence-electron chi connectivity index (χ0n) is 11.6. The molecule has 3 aromatic carbocycles. The van der Waals surface area contributed by atoms with Crippen molar-refractivity contribution in [2.24, 2.45) is 4.99 Å². The van der Waals surface area contributed by atoms with E-state index in [0.717, 1.165) is 16.3 Å². The molecule has 2 N–H and O–H groups in total. The summed E-state index contributed by atoms with van der Waals surface area (Å²) in [6.07, 6.45) is 1.68. The van der Waals surface area contributed by atoms with Crippen molar-refractivity contribution in [1.82, 2.24) is 0 Å². The monoisotopic (exact) mass is 291 g/mol. The van der Waals surface area contributed by atoms with Gasteiger partial charge >= 0.3 is 0 Å². The molecule has 5 nitrogen and oxygen atoms in total. The highest BCUT2D eigenvalue weighted by atomic mass is 16.6. The number of rotatable bonds is 3. The van der Waals surface area contributed by atoms with Crippen LogP contribution in [0.5, 0.6) is 0 Å². The molecule has 0 aliphatic heterocycles. The molecule has 0 unspecified atom stereocenters. The molecular weight excluding hydrogens is 278 g/mol. The second-order valence-corrected chi connectivity index (χ2v) is 4.87. The molecule has 108 valence electrons. The first-order valence-corrected chi connectivity index (χ1v) is 6.70. The van der Waals surface area contributed by atoms with Crippen molar-refractivity contribution in [2.75, 3.05) is 5.73 Å². The Morgan fingerprint density at radius 2 is 1.77 bits per heavy atom. The first-order valence-electron chi connectivity index (χ1n) is 6.70. The summed E-state index contributed by atoms with van der Waals surface area (Å²) in [4.78, 5) is 14.6. The quantitative estimate of drug-likeness (QED) is 0.341. The van der Waals surface area contributed by atoms with E-state index < -0.39 is 4.92 Å². The van der Waals surface area contributed by atoms with Crippen molar-refractivity contribution in [2.45, 2.75) is 0 Å². The Balaban J connectivity index is 1.92. The summed E-state index contributed by atoms with van der Waals surface area (Å²) >= 11 is 0. The van der Waals surface area contributed by atoms with E-state index >= 15 is 0 Å². The third-order valence-electron chi connectivity index (χ3n) is 3.35. The molecule has 5 heteroatoms. The second-order valence-electron chi connectivity index (χ2n) is 4.87. The van der Waals surface area contributed by atoms with Gasteiger partial charge in [-0.25, -0.2) is 0 Å². The molecule has 0 aliphatic carbocycles. The van der Waals surface area contributed by atoms with Gasteiger partial charge in [-0.15, -0.1) is 0 Å². The summed E-state index contributed by atoms with van der Waals surface area (Å²) in [5.74, 6) is 0. The number of hydrogen-bond acceptors (Lipinski definition) is 4. The number of fused-ring (bicyclic) bond motifs is 1. The molecule has 0 heterocycles. The molecule has 0 atom stereocenters. The van der Waals surface area contributed by atoms with Gasteiger partial charge in [-0.05, 0) is 34.5 Å². The summed E-state index contributed by atoms with van der Waals surface area (Å²) in [7, 11) is 0. The van der Waals surface area contributed by atoms with Crippen molar-refractivity contribution in [1.29, 1.82) is 0 Å². The van der Waals surface area contributed by atoms with E-state index in [1.807, 2.05) is 42.5 Å². The van der Waals surface area contributed by atoms with E-state index in [9.17, 15) is 10.1 Å². The van der Waals surface area contributed by atoms with Gasteiger partial charge < -0.3 is 5.73 Å². The molecule has 22 heavy (non-hydrogen) atoms. The van der Waals surface area contributed by atoms with Gasteiger partial charge in [-0.1, -0.05) is 36.4 Å². The molecule has 0 amide bonds. The van der Waals surface area contributed by atoms with Crippen LogP contribution >= 0.6 is 0 Å². The van der Waals surface area contributed by atoms with E-state index in [1.165, 1.54) is 12.1 Å². The number of aliphatic imine (C=N–C) groups is 1. The molecule has 0 saturated heterocycles. The van der Waals surface area contributed by atoms with Gasteiger partial charge in [0.1, 0.15) is 5.69 Å². The average Bonchev–Trinajstić information content (AvgIpc) is 2.53. The van der Waals surface area contributed by atoms with Crippen LogP contribution in [0.4, 0.5) is 17.1 Å². The van der Waals surface area contributed by atoms with Crippen LogP contribution < -0.4 is 5.73 Å². The molecular formula is C17H13N3O2. The number of anilines is 1. The molecule has 0 aromatic heterocycles. The van der Waals surface area contributed by atoms with E-state index in [0.29, 0.717) is 5.69 Å². The topological polar surface area (TPSA) is 81.5 Å². The fraction of sp³-hybridized carbons (Fsp3) is 0. The number of nitrogen functional groups attached to an aromatic ring is 1. The highest BCUT2D eigenvalue weighted by Gasteiger charge is 2.11. The summed E-state index contributed by atoms with van der Waals surface area (Å²) in [5, 5.41) is 13.1. The first kappa shape index (κ1) is 13.8. The Morgan fingerprint density at radius 1 is 1.00 bits per heavy atom. The number of benzene rings is 3. The molecule has 0 radical (unpaired) electrons. The number of hydrogen-bond donors (Lipinski definition) is 1. The Hall–Kier alpha value is -3.21. The molecule has 3 aromatic rings. The lowest BCUT2D eigenvalue weighted by Crippen LogP contribution is -1.94. The van der Waals surface area contributed by atoms with Gasteiger partial charge in [0, 0.05) is 12.3 Å². The Labute approximate surface area is 126 Å². The van der Waals surface area contributed by atoms with Crippen molar-refractivity contribution >= 4 is 34.0 Å². The first-order chi connectivity index (χ1) is 10.6. The lowest BCUT2D eigenvalue weighted by molar-refractivity contribution is -0.383. The highest BCUT2D eigenvalue weighted by Crippen LogP contribution is 2.26. The predicted octanol–water partition coefficient (Wildman–Crippen LogP) is 4.08. The van der Waals surface area contributed by atoms with Crippen LogP contribution in [0.25, 0.3) is 10.8 Å².